The Kier molecular flexibility index (Phi) is 4.83. The Morgan fingerprint density at radius 2 is 1.90 bits per heavy atom. The van der Waals surface area contributed by atoms with E-state index in [2.05, 4.69) is 28.1 Å². The van der Waals surface area contributed by atoms with Crippen LogP contribution in [0.4, 0.5) is 0 Å². The average Bonchev–Trinajstić information content (AvgIpc) is 3.19. The first-order chi connectivity index (χ1) is 10.3. The molecule has 0 aromatic heterocycles. The van der Waals surface area contributed by atoms with Crippen molar-refractivity contribution in [1.29, 1.82) is 5.26 Å². The highest BCUT2D eigenvalue weighted by Crippen LogP contribution is 2.33. The van der Waals surface area contributed by atoms with Crippen LogP contribution in [0.2, 0.25) is 0 Å². The molecule has 4 heteroatoms. The first-order valence-electron chi connectivity index (χ1n) is 8.91. The summed E-state index contributed by atoms with van der Waals surface area (Å²) in [6.45, 7) is 8.10. The van der Waals surface area contributed by atoms with Crippen molar-refractivity contribution in [3.8, 4) is 6.07 Å². The minimum Gasteiger partial charge on any atom is -0.300 e. The molecule has 3 unspecified atom stereocenters. The van der Waals surface area contributed by atoms with Crippen LogP contribution in [0.25, 0.3) is 0 Å². The molecule has 2 saturated heterocycles. The molecule has 0 aromatic rings. The fourth-order valence-electron chi connectivity index (χ4n) is 4.70. The number of nitrogens with zero attached hydrogens (tertiary/aromatic N) is 3. The van der Waals surface area contributed by atoms with E-state index in [0.717, 1.165) is 25.4 Å². The first kappa shape index (κ1) is 15.3. The lowest BCUT2D eigenvalue weighted by Crippen LogP contribution is -2.52. The number of nitrogens with one attached hydrogen (secondary N) is 1. The molecule has 2 heterocycles. The van der Waals surface area contributed by atoms with E-state index in [1.54, 1.807) is 0 Å². The Labute approximate surface area is 129 Å². The van der Waals surface area contributed by atoms with E-state index in [1.807, 2.05) is 0 Å². The largest absolute Gasteiger partial charge is 0.300 e. The van der Waals surface area contributed by atoms with Crippen LogP contribution in [0.3, 0.4) is 0 Å². The molecule has 1 saturated carbocycles. The zero-order chi connectivity index (χ0) is 14.7. The molecule has 1 N–H and O–H groups in total. The van der Waals surface area contributed by atoms with Gasteiger partial charge in [-0.15, -0.1) is 0 Å². The molecule has 3 fully saturated rings. The Balaban J connectivity index is 1.58. The Hall–Kier alpha value is -0.630. The highest BCUT2D eigenvalue weighted by Gasteiger charge is 2.40. The van der Waals surface area contributed by atoms with Crippen LogP contribution in [-0.4, -0.2) is 60.1 Å². The van der Waals surface area contributed by atoms with Crippen LogP contribution < -0.4 is 5.32 Å². The summed E-state index contributed by atoms with van der Waals surface area (Å²) in [5.41, 5.74) is -0.261. The third kappa shape index (κ3) is 3.26. The summed E-state index contributed by atoms with van der Waals surface area (Å²) in [7, 11) is 0. The van der Waals surface area contributed by atoms with E-state index in [9.17, 15) is 5.26 Å². The number of nitriles is 1. The molecule has 3 aliphatic rings. The van der Waals surface area contributed by atoms with E-state index >= 15 is 0 Å². The Bertz CT molecular complexity index is 381. The Morgan fingerprint density at radius 1 is 1.10 bits per heavy atom. The van der Waals surface area contributed by atoms with Gasteiger partial charge in [-0.3, -0.25) is 15.1 Å². The molecule has 0 amide bonds. The fraction of sp³-hybridized carbons (Fsp3) is 0.941. The quantitative estimate of drug-likeness (QED) is 0.859. The summed E-state index contributed by atoms with van der Waals surface area (Å²) >= 11 is 0. The van der Waals surface area contributed by atoms with Crippen LogP contribution in [0.1, 0.15) is 51.9 Å². The van der Waals surface area contributed by atoms with Gasteiger partial charge in [0.2, 0.25) is 0 Å². The van der Waals surface area contributed by atoms with Crippen molar-refractivity contribution >= 4 is 0 Å². The topological polar surface area (TPSA) is 42.3 Å². The zero-order valence-electron chi connectivity index (χ0n) is 13.5. The third-order valence-corrected chi connectivity index (χ3v) is 5.82. The van der Waals surface area contributed by atoms with Gasteiger partial charge in [0.15, 0.2) is 0 Å². The molecule has 0 aromatic carbocycles. The Morgan fingerprint density at radius 3 is 2.62 bits per heavy atom. The lowest BCUT2D eigenvalue weighted by Gasteiger charge is -2.40. The minimum atomic E-state index is -0.261. The van der Waals surface area contributed by atoms with Gasteiger partial charge in [0.25, 0.3) is 0 Å². The van der Waals surface area contributed by atoms with Crippen LogP contribution >= 0.6 is 0 Å². The number of hydrogen-bond donors (Lipinski definition) is 1. The first-order valence-corrected chi connectivity index (χ1v) is 8.91. The summed E-state index contributed by atoms with van der Waals surface area (Å²) in [5.74, 6) is 0. The second-order valence-corrected chi connectivity index (χ2v) is 7.15. The van der Waals surface area contributed by atoms with Crippen molar-refractivity contribution in [2.45, 2.75) is 69.5 Å². The van der Waals surface area contributed by atoms with Crippen molar-refractivity contribution < 1.29 is 0 Å². The summed E-state index contributed by atoms with van der Waals surface area (Å²) in [6.07, 6.45) is 8.62. The molecule has 0 bridgehead atoms. The van der Waals surface area contributed by atoms with E-state index in [0.29, 0.717) is 6.04 Å². The van der Waals surface area contributed by atoms with Gasteiger partial charge < -0.3 is 0 Å². The highest BCUT2D eigenvalue weighted by molar-refractivity contribution is 5.11. The van der Waals surface area contributed by atoms with Gasteiger partial charge >= 0.3 is 0 Å². The van der Waals surface area contributed by atoms with Crippen molar-refractivity contribution in [3.05, 3.63) is 0 Å². The molecule has 118 valence electrons. The van der Waals surface area contributed by atoms with Crippen LogP contribution in [-0.2, 0) is 0 Å². The van der Waals surface area contributed by atoms with Crippen molar-refractivity contribution in [2.24, 2.45) is 0 Å². The van der Waals surface area contributed by atoms with E-state index < -0.39 is 0 Å². The molecule has 1 aliphatic carbocycles. The highest BCUT2D eigenvalue weighted by atomic mass is 15.3. The normalized spacial score (nSPS) is 38.7. The predicted octanol–water partition coefficient (Wildman–Crippen LogP) is 1.97. The minimum absolute atomic E-state index is 0.261. The standard InChI is InChI=1S/C17H30N4/c1-2-19-17(14-18)8-5-6-15(12-17)21-11-7-16(13-21)20-9-3-4-10-20/h15-16,19H,2-13H2,1H3. The zero-order valence-corrected chi connectivity index (χ0v) is 13.5. The SMILES string of the molecule is CCNC1(C#N)CCCC(N2CCC(N3CCCC3)C2)C1. The van der Waals surface area contributed by atoms with E-state index in [4.69, 9.17) is 0 Å². The van der Waals surface area contributed by atoms with Crippen LogP contribution in [0.5, 0.6) is 0 Å². The smallest absolute Gasteiger partial charge is 0.108 e. The molecular weight excluding hydrogens is 260 g/mol. The summed E-state index contributed by atoms with van der Waals surface area (Å²) < 4.78 is 0. The molecule has 0 spiro atoms. The summed E-state index contributed by atoms with van der Waals surface area (Å²) in [4.78, 5) is 5.39. The van der Waals surface area contributed by atoms with Crippen molar-refractivity contribution in [2.75, 3.05) is 32.7 Å². The molecule has 4 nitrogen and oxygen atoms in total. The number of likely N-dealkylation sites (tertiary alicyclic amines) is 2. The molecule has 2 aliphatic heterocycles. The van der Waals surface area contributed by atoms with Gasteiger partial charge in [-0.1, -0.05) is 6.92 Å². The second kappa shape index (κ2) is 6.64. The van der Waals surface area contributed by atoms with Gasteiger partial charge in [-0.05, 0) is 64.6 Å². The lowest BCUT2D eigenvalue weighted by molar-refractivity contribution is 0.133. The van der Waals surface area contributed by atoms with Crippen molar-refractivity contribution in [3.63, 3.8) is 0 Å². The maximum atomic E-state index is 9.62. The molecule has 3 rings (SSSR count). The summed E-state index contributed by atoms with van der Waals surface area (Å²) in [5, 5.41) is 13.1. The van der Waals surface area contributed by atoms with Gasteiger partial charge in [-0.25, -0.2) is 0 Å². The molecule has 21 heavy (non-hydrogen) atoms. The second-order valence-electron chi connectivity index (χ2n) is 7.15. The van der Waals surface area contributed by atoms with Crippen molar-refractivity contribution in [1.82, 2.24) is 15.1 Å². The van der Waals surface area contributed by atoms with Crippen LogP contribution in [0, 0.1) is 11.3 Å². The average molecular weight is 290 g/mol. The van der Waals surface area contributed by atoms with Gasteiger partial charge in [0.1, 0.15) is 5.54 Å². The predicted molar refractivity (Wildman–Crippen MR) is 85.1 cm³/mol. The van der Waals surface area contributed by atoms with E-state index in [1.165, 1.54) is 58.3 Å². The molecule has 3 atom stereocenters. The fourth-order valence-corrected chi connectivity index (χ4v) is 4.70. The van der Waals surface area contributed by atoms with Crippen LogP contribution in [0.15, 0.2) is 0 Å². The maximum absolute atomic E-state index is 9.62. The van der Waals surface area contributed by atoms with Gasteiger partial charge in [0.05, 0.1) is 6.07 Å². The molecular formula is C17H30N4. The maximum Gasteiger partial charge on any atom is 0.108 e. The van der Waals surface area contributed by atoms with Gasteiger partial charge in [0, 0.05) is 25.2 Å². The number of hydrogen-bond acceptors (Lipinski definition) is 4. The van der Waals surface area contributed by atoms with Gasteiger partial charge in [-0.2, -0.15) is 5.26 Å². The monoisotopic (exact) mass is 290 g/mol. The summed E-state index contributed by atoms with van der Waals surface area (Å²) in [6, 6.07) is 3.99. The molecule has 0 radical (unpaired) electrons. The number of rotatable bonds is 4. The van der Waals surface area contributed by atoms with E-state index in [-0.39, 0.29) is 5.54 Å². The lowest BCUT2D eigenvalue weighted by atomic mass is 9.79. The third-order valence-electron chi connectivity index (χ3n) is 5.82.